The molecule has 38 heavy (non-hydrogen) atoms. The highest BCUT2D eigenvalue weighted by molar-refractivity contribution is 5.95. The van der Waals surface area contributed by atoms with Crippen LogP contribution in [0.3, 0.4) is 0 Å². The number of aryl methyl sites for hydroxylation is 3. The van der Waals surface area contributed by atoms with Gasteiger partial charge in [-0.2, -0.15) is 0 Å². The largest absolute Gasteiger partial charge is 0.463 e. The maximum Gasteiger partial charge on any atom is 0.338 e. The van der Waals surface area contributed by atoms with Gasteiger partial charge in [0.05, 0.1) is 18.2 Å². The minimum Gasteiger partial charge on any atom is -0.463 e. The lowest BCUT2D eigenvalue weighted by molar-refractivity contribution is -0.139. The van der Waals surface area contributed by atoms with Crippen LogP contribution in [0.5, 0.6) is 0 Å². The summed E-state index contributed by atoms with van der Waals surface area (Å²) in [5, 5.41) is 3.06. The molecule has 1 saturated heterocycles. The zero-order chi connectivity index (χ0) is 27.4. The van der Waals surface area contributed by atoms with Crippen molar-refractivity contribution in [2.24, 2.45) is 0 Å². The monoisotopic (exact) mass is 518 g/mol. The molecule has 1 N–H and O–H groups in total. The van der Waals surface area contributed by atoms with Gasteiger partial charge in [0.2, 0.25) is 0 Å². The van der Waals surface area contributed by atoms with Crippen LogP contribution in [0, 0.1) is 20.8 Å². The average molecular weight is 519 g/mol. The zero-order valence-electron chi connectivity index (χ0n) is 23.0. The van der Waals surface area contributed by atoms with Crippen molar-refractivity contribution in [3.05, 3.63) is 81.6 Å². The van der Waals surface area contributed by atoms with E-state index in [9.17, 15) is 14.4 Å². The third kappa shape index (κ3) is 5.75. The van der Waals surface area contributed by atoms with Crippen LogP contribution in [0.1, 0.15) is 52.5 Å². The summed E-state index contributed by atoms with van der Waals surface area (Å²) in [5.41, 5.74) is 5.89. The van der Waals surface area contributed by atoms with Crippen LogP contribution >= 0.6 is 0 Å². The van der Waals surface area contributed by atoms with E-state index >= 15 is 0 Å². The molecular formula is C30H38N4O4. The summed E-state index contributed by atoms with van der Waals surface area (Å²) in [6, 6.07) is 12.9. The second-order valence-corrected chi connectivity index (χ2v) is 10.0. The first-order valence-corrected chi connectivity index (χ1v) is 13.4. The molecular weight excluding hydrogens is 480 g/mol. The highest BCUT2D eigenvalue weighted by Gasteiger charge is 2.39. The summed E-state index contributed by atoms with van der Waals surface area (Å²) >= 11 is 0. The minimum absolute atomic E-state index is 0.0262. The van der Waals surface area contributed by atoms with Crippen molar-refractivity contribution in [1.82, 2.24) is 20.0 Å². The van der Waals surface area contributed by atoms with Crippen molar-refractivity contribution in [3.8, 4) is 0 Å². The first kappa shape index (κ1) is 27.4. The van der Waals surface area contributed by atoms with Crippen molar-refractivity contribution in [2.45, 2.75) is 40.7 Å². The van der Waals surface area contributed by atoms with Gasteiger partial charge in [-0.25, -0.2) is 9.59 Å². The molecule has 1 atom stereocenters. The number of amides is 3. The van der Waals surface area contributed by atoms with Crippen LogP contribution in [0.2, 0.25) is 0 Å². The molecule has 0 aromatic heterocycles. The van der Waals surface area contributed by atoms with E-state index in [1.807, 2.05) is 75.1 Å². The molecule has 1 unspecified atom stereocenters. The fourth-order valence-corrected chi connectivity index (χ4v) is 5.16. The smallest absolute Gasteiger partial charge is 0.338 e. The zero-order valence-corrected chi connectivity index (χ0v) is 23.0. The first-order valence-electron chi connectivity index (χ1n) is 13.4. The Kier molecular flexibility index (Phi) is 8.52. The van der Waals surface area contributed by atoms with Crippen LogP contribution < -0.4 is 5.32 Å². The summed E-state index contributed by atoms with van der Waals surface area (Å²) < 4.78 is 5.51. The van der Waals surface area contributed by atoms with Gasteiger partial charge in [-0.3, -0.25) is 14.6 Å². The SMILES string of the molecule is CCOC(=O)C1=C(CN2CCN(C(=O)c3ccc(C)cc3)CC2)N(CC)C(=O)NC1c1cc(C)ccc1C. The van der Waals surface area contributed by atoms with Crippen LogP contribution in [-0.2, 0) is 9.53 Å². The number of nitrogens with one attached hydrogen (secondary N) is 1. The minimum atomic E-state index is -0.594. The Morgan fingerprint density at radius 1 is 0.947 bits per heavy atom. The number of esters is 1. The van der Waals surface area contributed by atoms with Crippen molar-refractivity contribution in [3.63, 3.8) is 0 Å². The Morgan fingerprint density at radius 3 is 2.24 bits per heavy atom. The molecule has 0 saturated carbocycles. The molecule has 0 spiro atoms. The number of nitrogens with zero attached hydrogens (tertiary/aromatic N) is 3. The van der Waals surface area contributed by atoms with Gasteiger partial charge in [0, 0.05) is 50.5 Å². The predicted octanol–water partition coefficient (Wildman–Crippen LogP) is 3.97. The number of ether oxygens (including phenoxy) is 1. The average Bonchev–Trinajstić information content (AvgIpc) is 2.90. The van der Waals surface area contributed by atoms with Crippen molar-refractivity contribution in [2.75, 3.05) is 45.9 Å². The predicted molar refractivity (Wildman–Crippen MR) is 147 cm³/mol. The second kappa shape index (κ2) is 11.8. The van der Waals surface area contributed by atoms with Gasteiger partial charge >= 0.3 is 12.0 Å². The van der Waals surface area contributed by atoms with E-state index in [0.717, 1.165) is 22.3 Å². The maximum atomic E-state index is 13.4. The summed E-state index contributed by atoms with van der Waals surface area (Å²) in [5.74, 6) is -0.390. The number of piperazine rings is 1. The Bertz CT molecular complexity index is 1230. The first-order chi connectivity index (χ1) is 18.2. The van der Waals surface area contributed by atoms with Gasteiger partial charge in [-0.05, 0) is 57.9 Å². The van der Waals surface area contributed by atoms with Crippen LogP contribution in [-0.4, -0.2) is 78.5 Å². The summed E-state index contributed by atoms with van der Waals surface area (Å²) in [4.78, 5) is 45.4. The lowest BCUT2D eigenvalue weighted by Gasteiger charge is -2.40. The fourth-order valence-electron chi connectivity index (χ4n) is 5.16. The van der Waals surface area contributed by atoms with Crippen LogP contribution in [0.4, 0.5) is 4.79 Å². The topological polar surface area (TPSA) is 82.2 Å². The molecule has 4 rings (SSSR count). The molecule has 0 aliphatic carbocycles. The van der Waals surface area contributed by atoms with E-state index in [4.69, 9.17) is 4.74 Å². The van der Waals surface area contributed by atoms with Gasteiger partial charge in [0.25, 0.3) is 5.91 Å². The van der Waals surface area contributed by atoms with E-state index < -0.39 is 12.0 Å². The molecule has 1 fully saturated rings. The van der Waals surface area contributed by atoms with E-state index in [-0.39, 0.29) is 18.5 Å². The number of carbonyl (C=O) groups is 3. The lowest BCUT2D eigenvalue weighted by Crippen LogP contribution is -2.53. The molecule has 2 heterocycles. The standard InChI is InChI=1S/C30H38N4O4/c1-6-34-25(19-32-14-16-33(17-15-32)28(35)23-12-9-20(3)10-13-23)26(29(36)38-7-2)27(31-30(34)37)24-18-21(4)8-11-22(24)5/h8-13,18,27H,6-7,14-17,19H2,1-5H3,(H,31,37). The molecule has 8 heteroatoms. The van der Waals surface area contributed by atoms with Gasteiger partial charge in [0.1, 0.15) is 0 Å². The number of urea groups is 1. The van der Waals surface area contributed by atoms with Crippen LogP contribution in [0.25, 0.3) is 0 Å². The highest BCUT2D eigenvalue weighted by atomic mass is 16.5. The molecule has 0 bridgehead atoms. The lowest BCUT2D eigenvalue weighted by atomic mass is 9.90. The van der Waals surface area contributed by atoms with Gasteiger partial charge < -0.3 is 15.0 Å². The maximum absolute atomic E-state index is 13.4. The van der Waals surface area contributed by atoms with Crippen LogP contribution in [0.15, 0.2) is 53.7 Å². The number of hydrogen-bond acceptors (Lipinski definition) is 5. The Hall–Kier alpha value is -3.65. The second-order valence-electron chi connectivity index (χ2n) is 10.0. The van der Waals surface area contributed by atoms with Crippen molar-refractivity contribution < 1.29 is 19.1 Å². The number of benzene rings is 2. The summed E-state index contributed by atoms with van der Waals surface area (Å²) in [6.45, 7) is 13.2. The third-order valence-corrected chi connectivity index (χ3v) is 7.33. The quantitative estimate of drug-likeness (QED) is 0.561. The molecule has 2 aromatic rings. The van der Waals surface area contributed by atoms with Gasteiger partial charge in [-0.1, -0.05) is 41.5 Å². The molecule has 2 aliphatic rings. The number of likely N-dealkylation sites (N-methyl/N-ethyl adjacent to an activating group) is 1. The summed E-state index contributed by atoms with van der Waals surface area (Å²) in [6.07, 6.45) is 0. The molecule has 8 nitrogen and oxygen atoms in total. The third-order valence-electron chi connectivity index (χ3n) is 7.33. The number of rotatable bonds is 7. The molecule has 3 amide bonds. The normalized spacial score (nSPS) is 18.4. The highest BCUT2D eigenvalue weighted by Crippen LogP contribution is 2.34. The van der Waals surface area contributed by atoms with Crippen molar-refractivity contribution in [1.29, 1.82) is 0 Å². The number of carbonyl (C=O) groups excluding carboxylic acids is 3. The molecule has 0 radical (unpaired) electrons. The van der Waals surface area contributed by atoms with E-state index in [1.54, 1.807) is 11.8 Å². The Labute approximate surface area is 225 Å². The molecule has 2 aromatic carbocycles. The van der Waals surface area contributed by atoms with Crippen molar-refractivity contribution >= 4 is 17.9 Å². The van der Waals surface area contributed by atoms with Gasteiger partial charge in [0.15, 0.2) is 0 Å². The molecule has 202 valence electrons. The summed E-state index contributed by atoms with van der Waals surface area (Å²) in [7, 11) is 0. The Balaban J connectivity index is 1.62. The van der Waals surface area contributed by atoms with E-state index in [2.05, 4.69) is 10.2 Å². The Morgan fingerprint density at radius 2 is 1.61 bits per heavy atom. The number of hydrogen-bond donors (Lipinski definition) is 1. The fraction of sp³-hybridized carbons (Fsp3) is 0.433. The van der Waals surface area contributed by atoms with E-state index in [0.29, 0.717) is 56.1 Å². The molecule has 2 aliphatic heterocycles. The van der Waals surface area contributed by atoms with E-state index in [1.165, 1.54) is 0 Å². The van der Waals surface area contributed by atoms with Gasteiger partial charge in [-0.15, -0.1) is 0 Å².